The molecule has 0 atom stereocenters. The normalized spacial score (nSPS) is 13.8. The van der Waals surface area contributed by atoms with Crippen molar-refractivity contribution in [3.8, 4) is 22.7 Å². The molecule has 6 heteroatoms. The Morgan fingerprint density at radius 2 is 2.00 bits per heavy atom. The molecule has 4 rings (SSSR count). The molecule has 0 bridgehead atoms. The molecule has 0 unspecified atom stereocenters. The quantitative estimate of drug-likeness (QED) is 0.530. The second kappa shape index (κ2) is 8.07. The summed E-state index contributed by atoms with van der Waals surface area (Å²) in [5.74, 6) is 0.350. The maximum atomic E-state index is 12.3. The molecule has 0 N–H and O–H groups in total. The number of nitrogens with zero attached hydrogens (tertiary/aromatic N) is 2. The van der Waals surface area contributed by atoms with Crippen molar-refractivity contribution in [1.82, 2.24) is 9.78 Å². The topological polar surface area (TPSA) is 53.4 Å². The number of rotatable bonds is 6. The Labute approximate surface area is 168 Å². The van der Waals surface area contributed by atoms with Crippen molar-refractivity contribution in [2.45, 2.75) is 32.3 Å². The molecule has 1 heterocycles. The number of para-hydroxylation sites is 1. The van der Waals surface area contributed by atoms with E-state index in [1.54, 1.807) is 23.7 Å². The van der Waals surface area contributed by atoms with Crippen LogP contribution in [-0.4, -0.2) is 28.5 Å². The van der Waals surface area contributed by atoms with Crippen molar-refractivity contribution in [3.63, 3.8) is 0 Å². The minimum Gasteiger partial charge on any atom is -0.490 e. The van der Waals surface area contributed by atoms with Gasteiger partial charge in [0, 0.05) is 5.56 Å². The summed E-state index contributed by atoms with van der Waals surface area (Å²) in [4.78, 5) is 12.3. The number of aromatic nitrogens is 2. The Morgan fingerprint density at radius 3 is 2.71 bits per heavy atom. The SMILES string of the molecule is CCOC(=O)c1cc(-c2cccc(OC3CCC3)c2)n(-c2ccccc2Cl)n1. The van der Waals surface area contributed by atoms with E-state index in [1.807, 2.05) is 42.5 Å². The molecule has 28 heavy (non-hydrogen) atoms. The van der Waals surface area contributed by atoms with Gasteiger partial charge in [0.2, 0.25) is 0 Å². The highest BCUT2D eigenvalue weighted by molar-refractivity contribution is 6.32. The van der Waals surface area contributed by atoms with Crippen molar-refractivity contribution in [2.75, 3.05) is 6.61 Å². The van der Waals surface area contributed by atoms with Crippen molar-refractivity contribution in [2.24, 2.45) is 0 Å². The highest BCUT2D eigenvalue weighted by atomic mass is 35.5. The molecule has 1 saturated carbocycles. The number of halogens is 1. The fraction of sp³-hybridized carbons (Fsp3) is 0.273. The predicted octanol–water partition coefficient (Wildman–Crippen LogP) is 5.30. The van der Waals surface area contributed by atoms with Crippen LogP contribution in [-0.2, 0) is 4.74 Å². The van der Waals surface area contributed by atoms with Crippen molar-refractivity contribution in [1.29, 1.82) is 0 Å². The summed E-state index contributed by atoms with van der Waals surface area (Å²) < 4.78 is 12.8. The molecule has 1 aliphatic rings. The van der Waals surface area contributed by atoms with E-state index < -0.39 is 5.97 Å². The number of ether oxygens (including phenoxy) is 2. The highest BCUT2D eigenvalue weighted by Gasteiger charge is 2.21. The van der Waals surface area contributed by atoms with Gasteiger partial charge >= 0.3 is 5.97 Å². The molecule has 144 valence electrons. The fourth-order valence-corrected chi connectivity index (χ4v) is 3.32. The fourth-order valence-electron chi connectivity index (χ4n) is 3.11. The van der Waals surface area contributed by atoms with Gasteiger partial charge in [-0.2, -0.15) is 5.10 Å². The van der Waals surface area contributed by atoms with Crippen LogP contribution in [0.15, 0.2) is 54.6 Å². The summed E-state index contributed by atoms with van der Waals surface area (Å²) >= 11 is 6.39. The summed E-state index contributed by atoms with van der Waals surface area (Å²) in [6.07, 6.45) is 3.69. The van der Waals surface area contributed by atoms with Crippen LogP contribution in [0.2, 0.25) is 5.02 Å². The van der Waals surface area contributed by atoms with Gasteiger partial charge in [0.1, 0.15) is 5.75 Å². The van der Waals surface area contributed by atoms with Crippen LogP contribution in [0.25, 0.3) is 16.9 Å². The lowest BCUT2D eigenvalue weighted by Gasteiger charge is -2.26. The van der Waals surface area contributed by atoms with Crippen LogP contribution in [0, 0.1) is 0 Å². The van der Waals surface area contributed by atoms with Crippen LogP contribution < -0.4 is 4.74 Å². The lowest BCUT2D eigenvalue weighted by molar-refractivity contribution is 0.0519. The summed E-state index contributed by atoms with van der Waals surface area (Å²) in [5.41, 5.74) is 2.57. The van der Waals surface area contributed by atoms with Gasteiger partial charge in [-0.1, -0.05) is 35.9 Å². The van der Waals surface area contributed by atoms with E-state index in [4.69, 9.17) is 21.1 Å². The molecule has 0 spiro atoms. The molecular formula is C22H21ClN2O3. The number of hydrogen-bond donors (Lipinski definition) is 0. The van der Waals surface area contributed by atoms with Gasteiger partial charge < -0.3 is 9.47 Å². The van der Waals surface area contributed by atoms with Crippen LogP contribution in [0.5, 0.6) is 5.75 Å². The first-order valence-electron chi connectivity index (χ1n) is 9.45. The van der Waals surface area contributed by atoms with Gasteiger partial charge in [-0.05, 0) is 56.5 Å². The first-order valence-corrected chi connectivity index (χ1v) is 9.82. The Hall–Kier alpha value is -2.79. The summed E-state index contributed by atoms with van der Waals surface area (Å²) in [7, 11) is 0. The molecule has 2 aromatic carbocycles. The minimum absolute atomic E-state index is 0.238. The van der Waals surface area contributed by atoms with Gasteiger partial charge in [0.15, 0.2) is 5.69 Å². The van der Waals surface area contributed by atoms with E-state index in [-0.39, 0.29) is 12.3 Å². The molecule has 5 nitrogen and oxygen atoms in total. The summed E-state index contributed by atoms with van der Waals surface area (Å²) in [6, 6.07) is 16.9. The van der Waals surface area contributed by atoms with Crippen molar-refractivity contribution >= 4 is 17.6 Å². The Morgan fingerprint density at radius 1 is 1.18 bits per heavy atom. The van der Waals surface area contributed by atoms with E-state index in [2.05, 4.69) is 5.10 Å². The molecule has 1 aromatic heterocycles. The second-order valence-electron chi connectivity index (χ2n) is 6.70. The third kappa shape index (κ3) is 3.76. The smallest absolute Gasteiger partial charge is 0.358 e. The van der Waals surface area contributed by atoms with E-state index in [0.29, 0.717) is 16.8 Å². The number of carbonyl (C=O) groups is 1. The Bertz CT molecular complexity index is 995. The second-order valence-corrected chi connectivity index (χ2v) is 7.10. The van der Waals surface area contributed by atoms with Gasteiger partial charge in [-0.3, -0.25) is 0 Å². The third-order valence-electron chi connectivity index (χ3n) is 4.76. The van der Waals surface area contributed by atoms with Gasteiger partial charge in [-0.25, -0.2) is 9.48 Å². The first kappa shape index (κ1) is 18.6. The van der Waals surface area contributed by atoms with E-state index in [0.717, 1.165) is 29.8 Å². The zero-order valence-electron chi connectivity index (χ0n) is 15.6. The number of esters is 1. The average molecular weight is 397 g/mol. The molecule has 0 amide bonds. The van der Waals surface area contributed by atoms with Crippen LogP contribution in [0.3, 0.4) is 0 Å². The maximum absolute atomic E-state index is 12.3. The average Bonchev–Trinajstić information content (AvgIpc) is 3.11. The molecule has 3 aromatic rings. The molecule has 0 saturated heterocycles. The standard InChI is InChI=1S/C22H21ClN2O3/c1-2-27-22(26)19-14-21(25(24-19)20-12-4-3-11-18(20)23)15-7-5-10-17(13-15)28-16-8-6-9-16/h3-5,7,10-14,16H,2,6,8-9H2,1H3. The molecule has 0 aliphatic heterocycles. The number of carbonyl (C=O) groups excluding carboxylic acids is 1. The van der Waals surface area contributed by atoms with Gasteiger partial charge in [0.25, 0.3) is 0 Å². The molecular weight excluding hydrogens is 376 g/mol. The monoisotopic (exact) mass is 396 g/mol. The van der Waals surface area contributed by atoms with Crippen molar-refractivity contribution < 1.29 is 14.3 Å². The molecule has 0 radical (unpaired) electrons. The molecule has 1 fully saturated rings. The summed E-state index contributed by atoms with van der Waals surface area (Å²) in [6.45, 7) is 2.06. The van der Waals surface area contributed by atoms with Gasteiger partial charge in [-0.15, -0.1) is 0 Å². The van der Waals surface area contributed by atoms with Crippen LogP contribution in [0.1, 0.15) is 36.7 Å². The summed E-state index contributed by atoms with van der Waals surface area (Å²) in [5, 5.41) is 5.02. The van der Waals surface area contributed by atoms with Crippen LogP contribution >= 0.6 is 11.6 Å². The lowest BCUT2D eigenvalue weighted by atomic mass is 9.96. The van der Waals surface area contributed by atoms with Crippen molar-refractivity contribution in [3.05, 3.63) is 65.3 Å². The predicted molar refractivity (Wildman–Crippen MR) is 108 cm³/mol. The minimum atomic E-state index is -0.462. The third-order valence-corrected chi connectivity index (χ3v) is 5.08. The van der Waals surface area contributed by atoms with Gasteiger partial charge in [0.05, 0.1) is 29.1 Å². The zero-order valence-corrected chi connectivity index (χ0v) is 16.4. The largest absolute Gasteiger partial charge is 0.490 e. The Balaban J connectivity index is 1.77. The van der Waals surface area contributed by atoms with Crippen LogP contribution in [0.4, 0.5) is 0 Å². The number of benzene rings is 2. The molecule has 1 aliphatic carbocycles. The lowest BCUT2D eigenvalue weighted by Crippen LogP contribution is -2.24. The van der Waals surface area contributed by atoms with E-state index >= 15 is 0 Å². The van der Waals surface area contributed by atoms with E-state index in [9.17, 15) is 4.79 Å². The van der Waals surface area contributed by atoms with E-state index in [1.165, 1.54) is 6.42 Å². The highest BCUT2D eigenvalue weighted by Crippen LogP contribution is 2.32. The first-order chi connectivity index (χ1) is 13.7. The number of hydrogen-bond acceptors (Lipinski definition) is 4. The zero-order chi connectivity index (χ0) is 19.5. The maximum Gasteiger partial charge on any atom is 0.358 e. The Kier molecular flexibility index (Phi) is 5.35.